The van der Waals surface area contributed by atoms with Crippen molar-refractivity contribution in [2.24, 2.45) is 16.7 Å². The molecule has 2 unspecified atom stereocenters. The number of ether oxygens (including phenoxy) is 1. The number of benzene rings is 1. The Hall–Kier alpha value is -1.44. The Morgan fingerprint density at radius 3 is 2.45 bits per heavy atom. The number of sulfonamides is 1. The quantitative estimate of drug-likeness (QED) is 0.744. The van der Waals surface area contributed by atoms with E-state index in [0.29, 0.717) is 37.8 Å². The van der Waals surface area contributed by atoms with Crippen LogP contribution in [0.15, 0.2) is 23.1 Å². The number of fused-ring (bicyclic) bond motifs is 2. The molecule has 1 heterocycles. The predicted octanol–water partition coefficient (Wildman–Crippen LogP) is 3.78. The fourth-order valence-corrected chi connectivity index (χ4v) is 7.96. The van der Waals surface area contributed by atoms with Crippen molar-refractivity contribution in [2.75, 3.05) is 26.3 Å². The second kappa shape index (κ2) is 7.85. The molecule has 0 spiro atoms. The Balaban J connectivity index is 1.65. The molecule has 4 rings (SSSR count). The van der Waals surface area contributed by atoms with E-state index in [9.17, 15) is 13.2 Å². The van der Waals surface area contributed by atoms with E-state index in [0.717, 1.165) is 18.4 Å². The largest absolute Gasteiger partial charge is 0.379 e. The third kappa shape index (κ3) is 3.83. The van der Waals surface area contributed by atoms with Crippen LogP contribution in [-0.4, -0.2) is 51.0 Å². The summed E-state index contributed by atoms with van der Waals surface area (Å²) >= 11 is 0. The van der Waals surface area contributed by atoms with Crippen LogP contribution in [-0.2, 0) is 14.8 Å². The molecular formula is C24H36N2O4S. The van der Waals surface area contributed by atoms with Crippen LogP contribution >= 0.6 is 0 Å². The third-order valence-corrected chi connectivity index (χ3v) is 9.99. The van der Waals surface area contributed by atoms with Crippen molar-refractivity contribution in [3.05, 3.63) is 29.3 Å². The highest BCUT2D eigenvalue weighted by Gasteiger charge is 2.59. The molecule has 3 aliphatic rings. The van der Waals surface area contributed by atoms with Crippen molar-refractivity contribution in [1.29, 1.82) is 0 Å². The molecule has 1 aromatic carbocycles. The fourth-order valence-electron chi connectivity index (χ4n) is 6.18. The lowest BCUT2D eigenvalue weighted by molar-refractivity contribution is 0.0728. The topological polar surface area (TPSA) is 75.7 Å². The van der Waals surface area contributed by atoms with Crippen LogP contribution in [0.1, 0.15) is 75.7 Å². The Bertz CT molecular complexity index is 961. The molecule has 3 atom stereocenters. The van der Waals surface area contributed by atoms with E-state index in [4.69, 9.17) is 4.74 Å². The smallest absolute Gasteiger partial charge is 0.251 e. The number of hydrogen-bond acceptors (Lipinski definition) is 4. The van der Waals surface area contributed by atoms with Crippen molar-refractivity contribution < 1.29 is 17.9 Å². The van der Waals surface area contributed by atoms with E-state index < -0.39 is 10.0 Å². The summed E-state index contributed by atoms with van der Waals surface area (Å²) in [7, 11) is -3.69. The summed E-state index contributed by atoms with van der Waals surface area (Å²) in [6, 6.07) is 5.25. The lowest BCUT2D eigenvalue weighted by atomic mass is 9.68. The van der Waals surface area contributed by atoms with E-state index >= 15 is 0 Å². The fraction of sp³-hybridized carbons (Fsp3) is 0.708. The maximum atomic E-state index is 13.4. The van der Waals surface area contributed by atoms with Crippen LogP contribution in [0.5, 0.6) is 0 Å². The van der Waals surface area contributed by atoms with Gasteiger partial charge in [0, 0.05) is 24.7 Å². The summed E-state index contributed by atoms with van der Waals surface area (Å²) in [5.41, 5.74) is 1.32. The Kier molecular flexibility index (Phi) is 5.76. The molecule has 172 valence electrons. The Morgan fingerprint density at radius 2 is 1.87 bits per heavy atom. The molecular weight excluding hydrogens is 412 g/mol. The molecule has 1 amide bonds. The summed E-state index contributed by atoms with van der Waals surface area (Å²) in [5, 5.41) is 3.30. The van der Waals surface area contributed by atoms with Gasteiger partial charge >= 0.3 is 0 Å². The minimum atomic E-state index is -3.69. The van der Waals surface area contributed by atoms with Gasteiger partial charge in [-0.2, -0.15) is 4.31 Å². The van der Waals surface area contributed by atoms with Crippen LogP contribution in [0, 0.1) is 16.7 Å². The van der Waals surface area contributed by atoms with E-state index in [1.165, 1.54) is 10.7 Å². The Morgan fingerprint density at radius 1 is 1.19 bits per heavy atom. The second-order valence-electron chi connectivity index (χ2n) is 10.7. The number of nitrogens with zero attached hydrogens (tertiary/aromatic N) is 1. The first-order chi connectivity index (χ1) is 14.5. The highest BCUT2D eigenvalue weighted by atomic mass is 32.2. The average Bonchev–Trinajstić information content (AvgIpc) is 3.22. The first-order valence-electron chi connectivity index (χ1n) is 11.5. The van der Waals surface area contributed by atoms with Gasteiger partial charge in [-0.1, -0.05) is 40.7 Å². The van der Waals surface area contributed by atoms with Gasteiger partial charge in [0.1, 0.15) is 0 Å². The maximum Gasteiger partial charge on any atom is 0.251 e. The molecule has 0 aromatic heterocycles. The number of rotatable bonds is 5. The summed E-state index contributed by atoms with van der Waals surface area (Å²) in [6.07, 6.45) is 3.50. The standard InChI is InChI=1S/C24H36N2O4S/c1-16(2)19-7-6-17(14-20(19)31(28,29)26-10-12-30-13-11-26)21(27)25-22-23(3,4)18-8-9-24(22,5)15-18/h6-7,14,16,18,22H,8-13,15H2,1-5H3,(H,25,27)/t18-,22?,24?/m0/s1. The molecule has 1 N–H and O–H groups in total. The monoisotopic (exact) mass is 448 g/mol. The number of hydrogen-bond donors (Lipinski definition) is 1. The van der Waals surface area contributed by atoms with Gasteiger partial charge in [-0.3, -0.25) is 4.79 Å². The molecule has 1 aliphatic heterocycles. The van der Waals surface area contributed by atoms with E-state index in [-0.39, 0.29) is 33.6 Å². The van der Waals surface area contributed by atoms with Gasteiger partial charge in [-0.15, -0.1) is 0 Å². The van der Waals surface area contributed by atoms with Crippen molar-refractivity contribution in [2.45, 2.75) is 70.7 Å². The molecule has 0 radical (unpaired) electrons. The van der Waals surface area contributed by atoms with Crippen molar-refractivity contribution in [3.63, 3.8) is 0 Å². The predicted molar refractivity (Wildman–Crippen MR) is 121 cm³/mol. The minimum Gasteiger partial charge on any atom is -0.379 e. The number of carbonyl (C=O) groups is 1. The molecule has 1 saturated heterocycles. The minimum absolute atomic E-state index is 0.0336. The first kappa shape index (κ1) is 22.7. The molecule has 3 fully saturated rings. The van der Waals surface area contributed by atoms with Gasteiger partial charge in [0.2, 0.25) is 10.0 Å². The number of nitrogens with one attached hydrogen (secondary N) is 1. The molecule has 2 bridgehead atoms. The second-order valence-corrected chi connectivity index (χ2v) is 12.7. The van der Waals surface area contributed by atoms with Crippen LogP contribution in [0.25, 0.3) is 0 Å². The van der Waals surface area contributed by atoms with E-state index in [1.807, 2.05) is 13.8 Å². The first-order valence-corrected chi connectivity index (χ1v) is 12.9. The summed E-state index contributed by atoms with van der Waals surface area (Å²) < 4.78 is 33.7. The zero-order valence-corrected chi connectivity index (χ0v) is 20.2. The van der Waals surface area contributed by atoms with Crippen LogP contribution in [0.4, 0.5) is 0 Å². The number of amides is 1. The molecule has 1 aromatic rings. The summed E-state index contributed by atoms with van der Waals surface area (Å²) in [6.45, 7) is 12.2. The summed E-state index contributed by atoms with van der Waals surface area (Å²) in [5.74, 6) is 0.482. The zero-order chi connectivity index (χ0) is 22.6. The average molecular weight is 449 g/mol. The van der Waals surface area contributed by atoms with Crippen molar-refractivity contribution in [3.8, 4) is 0 Å². The van der Waals surface area contributed by atoms with Gasteiger partial charge in [0.15, 0.2) is 0 Å². The molecule has 2 saturated carbocycles. The number of morpholine rings is 1. The molecule has 7 heteroatoms. The zero-order valence-electron chi connectivity index (χ0n) is 19.4. The van der Waals surface area contributed by atoms with Gasteiger partial charge in [-0.05, 0) is 59.6 Å². The van der Waals surface area contributed by atoms with Crippen LogP contribution < -0.4 is 5.32 Å². The highest BCUT2D eigenvalue weighted by molar-refractivity contribution is 7.89. The van der Waals surface area contributed by atoms with Crippen molar-refractivity contribution >= 4 is 15.9 Å². The normalized spacial score (nSPS) is 30.6. The maximum absolute atomic E-state index is 13.4. The van der Waals surface area contributed by atoms with Gasteiger partial charge in [0.05, 0.1) is 18.1 Å². The Labute approximate surface area is 186 Å². The highest BCUT2D eigenvalue weighted by Crippen LogP contribution is 2.62. The van der Waals surface area contributed by atoms with E-state index in [1.54, 1.807) is 18.2 Å². The number of carbonyl (C=O) groups excluding carboxylic acids is 1. The molecule has 6 nitrogen and oxygen atoms in total. The van der Waals surface area contributed by atoms with Crippen molar-refractivity contribution in [1.82, 2.24) is 9.62 Å². The van der Waals surface area contributed by atoms with Gasteiger partial charge in [-0.25, -0.2) is 8.42 Å². The molecule has 31 heavy (non-hydrogen) atoms. The van der Waals surface area contributed by atoms with Crippen LogP contribution in [0.2, 0.25) is 0 Å². The third-order valence-electron chi connectivity index (χ3n) is 8.03. The van der Waals surface area contributed by atoms with Crippen LogP contribution in [0.3, 0.4) is 0 Å². The van der Waals surface area contributed by atoms with Gasteiger partial charge < -0.3 is 10.1 Å². The lowest BCUT2D eigenvalue weighted by Crippen LogP contribution is -2.52. The van der Waals surface area contributed by atoms with E-state index in [2.05, 4.69) is 26.1 Å². The summed E-state index contributed by atoms with van der Waals surface area (Å²) in [4.78, 5) is 13.5. The van der Waals surface area contributed by atoms with Gasteiger partial charge in [0.25, 0.3) is 5.91 Å². The SMILES string of the molecule is CC(C)c1ccc(C(=O)NC2C3(C)CC[C@@H](C3)C2(C)C)cc1S(=O)(=O)N1CCOCC1. The lowest BCUT2D eigenvalue weighted by Gasteiger charge is -2.43. The molecule has 2 aliphatic carbocycles.